The number of alkyl halides is 2. The topological polar surface area (TPSA) is 57.8 Å². The minimum atomic E-state index is -2.68. The lowest BCUT2D eigenvalue weighted by atomic mass is 10.1. The molecular weight excluding hydrogens is 380 g/mol. The summed E-state index contributed by atoms with van der Waals surface area (Å²) in [6.07, 6.45) is -2.68. The van der Waals surface area contributed by atoms with Crippen LogP contribution in [0.5, 0.6) is 0 Å². The van der Waals surface area contributed by atoms with Gasteiger partial charge in [-0.2, -0.15) is 0 Å². The average molecular weight is 394 g/mol. The van der Waals surface area contributed by atoms with Crippen molar-refractivity contribution >= 4 is 32.9 Å². The van der Waals surface area contributed by atoms with E-state index in [2.05, 4.69) is 31.2 Å². The molecule has 4 nitrogen and oxygen atoms in total. The number of hydrogen-bond donors (Lipinski definition) is 2. The zero-order valence-electron chi connectivity index (χ0n) is 12.7. The zero-order valence-corrected chi connectivity index (χ0v) is 14.3. The molecule has 0 saturated carbocycles. The first-order valence-corrected chi connectivity index (χ1v) is 8.08. The van der Waals surface area contributed by atoms with Crippen molar-refractivity contribution in [3.05, 3.63) is 63.9 Å². The minimum Gasteiger partial charge on any atom is -0.345 e. The van der Waals surface area contributed by atoms with E-state index in [9.17, 15) is 13.6 Å². The molecule has 1 unspecified atom stereocenters. The minimum absolute atomic E-state index is 0.206. The van der Waals surface area contributed by atoms with Gasteiger partial charge in [0.15, 0.2) is 5.82 Å². The molecule has 1 atom stereocenters. The third-order valence-corrected chi connectivity index (χ3v) is 4.41. The molecule has 0 spiro atoms. The summed E-state index contributed by atoms with van der Waals surface area (Å²) >= 11 is 3.46. The van der Waals surface area contributed by atoms with Gasteiger partial charge in [0.25, 0.3) is 12.3 Å². The maximum absolute atomic E-state index is 12.7. The van der Waals surface area contributed by atoms with E-state index in [1.165, 1.54) is 6.07 Å². The molecule has 24 heavy (non-hydrogen) atoms. The summed E-state index contributed by atoms with van der Waals surface area (Å²) in [6, 6.07) is 12.1. The number of rotatable bonds is 4. The number of fused-ring (bicyclic) bond motifs is 1. The van der Waals surface area contributed by atoms with Gasteiger partial charge in [0.1, 0.15) is 0 Å². The second-order valence-corrected chi connectivity index (χ2v) is 6.23. The van der Waals surface area contributed by atoms with Crippen molar-refractivity contribution in [2.75, 3.05) is 0 Å². The Morgan fingerprint density at radius 1 is 1.25 bits per heavy atom. The number of H-pyrrole nitrogens is 1. The molecule has 0 saturated heterocycles. The number of halogens is 3. The van der Waals surface area contributed by atoms with Crippen LogP contribution in [-0.4, -0.2) is 15.9 Å². The monoisotopic (exact) mass is 393 g/mol. The molecule has 0 fully saturated rings. The van der Waals surface area contributed by atoms with Crippen molar-refractivity contribution < 1.29 is 13.6 Å². The van der Waals surface area contributed by atoms with Crippen molar-refractivity contribution in [2.24, 2.45) is 0 Å². The lowest BCUT2D eigenvalue weighted by Gasteiger charge is -2.15. The van der Waals surface area contributed by atoms with E-state index in [0.717, 1.165) is 10.0 Å². The van der Waals surface area contributed by atoms with E-state index in [-0.39, 0.29) is 11.9 Å². The van der Waals surface area contributed by atoms with E-state index >= 15 is 0 Å². The van der Waals surface area contributed by atoms with Gasteiger partial charge < -0.3 is 10.3 Å². The molecule has 1 heterocycles. The normalized spacial score (nSPS) is 12.5. The lowest BCUT2D eigenvalue weighted by molar-refractivity contribution is 0.0940. The Kier molecular flexibility index (Phi) is 4.62. The summed E-state index contributed by atoms with van der Waals surface area (Å²) in [7, 11) is 0. The van der Waals surface area contributed by atoms with Crippen molar-refractivity contribution in [3.63, 3.8) is 0 Å². The van der Waals surface area contributed by atoms with E-state index in [0.29, 0.717) is 16.6 Å². The van der Waals surface area contributed by atoms with Crippen LogP contribution in [0.25, 0.3) is 11.0 Å². The molecule has 0 aliphatic heterocycles. The van der Waals surface area contributed by atoms with Gasteiger partial charge in [-0.05, 0) is 36.8 Å². The Morgan fingerprint density at radius 3 is 2.71 bits per heavy atom. The van der Waals surface area contributed by atoms with Crippen LogP contribution in [0.3, 0.4) is 0 Å². The van der Waals surface area contributed by atoms with Crippen LogP contribution >= 0.6 is 15.9 Å². The first kappa shape index (κ1) is 16.6. The molecule has 1 amide bonds. The molecule has 0 aliphatic carbocycles. The van der Waals surface area contributed by atoms with E-state index in [4.69, 9.17) is 0 Å². The molecule has 1 aromatic heterocycles. The number of nitrogens with one attached hydrogen (secondary N) is 2. The largest absolute Gasteiger partial charge is 0.345 e. The summed E-state index contributed by atoms with van der Waals surface area (Å²) < 4.78 is 26.3. The number of carbonyl (C=O) groups excluding carboxylic acids is 1. The molecule has 2 aromatic carbocycles. The second-order valence-electron chi connectivity index (χ2n) is 5.37. The fourth-order valence-electron chi connectivity index (χ4n) is 2.46. The number of aromatic nitrogens is 2. The summed E-state index contributed by atoms with van der Waals surface area (Å²) in [5.41, 5.74) is 2.14. The van der Waals surface area contributed by atoms with Gasteiger partial charge in [-0.3, -0.25) is 4.79 Å². The zero-order chi connectivity index (χ0) is 17.3. The van der Waals surface area contributed by atoms with Crippen molar-refractivity contribution in [3.8, 4) is 0 Å². The fourth-order valence-corrected chi connectivity index (χ4v) is 3.09. The van der Waals surface area contributed by atoms with E-state index < -0.39 is 12.2 Å². The van der Waals surface area contributed by atoms with Crippen LogP contribution in [0.1, 0.15) is 41.1 Å². The highest BCUT2D eigenvalue weighted by atomic mass is 79.9. The molecule has 0 aliphatic rings. The highest BCUT2D eigenvalue weighted by Gasteiger charge is 2.16. The van der Waals surface area contributed by atoms with Crippen molar-refractivity contribution in [1.82, 2.24) is 15.3 Å². The number of imidazole rings is 1. The van der Waals surface area contributed by atoms with Gasteiger partial charge in [-0.1, -0.05) is 34.1 Å². The van der Waals surface area contributed by atoms with Gasteiger partial charge >= 0.3 is 0 Å². The molecule has 7 heteroatoms. The SMILES string of the molecule is CC(NC(=O)c1ccc2nc(C(F)F)[nH]c2c1)c1ccccc1Br. The predicted octanol–water partition coefficient (Wildman–Crippen LogP) is 4.75. The van der Waals surface area contributed by atoms with E-state index in [1.54, 1.807) is 12.1 Å². The highest BCUT2D eigenvalue weighted by Crippen LogP contribution is 2.24. The fraction of sp³-hybridized carbons (Fsp3) is 0.176. The average Bonchev–Trinajstić information content (AvgIpc) is 2.98. The molecular formula is C17H14BrF2N3O. The van der Waals surface area contributed by atoms with Gasteiger partial charge in [0.2, 0.25) is 0 Å². The van der Waals surface area contributed by atoms with Crippen molar-refractivity contribution in [1.29, 1.82) is 0 Å². The van der Waals surface area contributed by atoms with Gasteiger partial charge in [0, 0.05) is 10.0 Å². The summed E-state index contributed by atoms with van der Waals surface area (Å²) in [6.45, 7) is 1.88. The molecule has 2 N–H and O–H groups in total. The molecule has 0 radical (unpaired) electrons. The molecule has 0 bridgehead atoms. The first-order chi connectivity index (χ1) is 11.5. The molecule has 124 valence electrons. The van der Waals surface area contributed by atoms with Crippen LogP contribution in [0.4, 0.5) is 8.78 Å². The number of nitrogens with zero attached hydrogens (tertiary/aromatic N) is 1. The molecule has 3 aromatic rings. The Morgan fingerprint density at radius 2 is 2.00 bits per heavy atom. The van der Waals surface area contributed by atoms with E-state index in [1.807, 2.05) is 31.2 Å². The maximum Gasteiger partial charge on any atom is 0.295 e. The Balaban J connectivity index is 1.82. The Hall–Kier alpha value is -2.28. The summed E-state index contributed by atoms with van der Waals surface area (Å²) in [5.74, 6) is -0.683. The Labute approximate surface area is 145 Å². The van der Waals surface area contributed by atoms with Crippen LogP contribution < -0.4 is 5.32 Å². The Bertz CT molecular complexity index is 894. The van der Waals surface area contributed by atoms with Gasteiger partial charge in [-0.25, -0.2) is 13.8 Å². The number of carbonyl (C=O) groups is 1. The van der Waals surface area contributed by atoms with Crippen LogP contribution in [0.2, 0.25) is 0 Å². The second kappa shape index (κ2) is 6.68. The highest BCUT2D eigenvalue weighted by molar-refractivity contribution is 9.10. The van der Waals surface area contributed by atoms with Crippen LogP contribution in [0.15, 0.2) is 46.9 Å². The third-order valence-electron chi connectivity index (χ3n) is 3.69. The maximum atomic E-state index is 12.7. The third kappa shape index (κ3) is 3.31. The van der Waals surface area contributed by atoms with Crippen LogP contribution in [-0.2, 0) is 0 Å². The number of benzene rings is 2. The standard InChI is InChI=1S/C17H14BrF2N3O/c1-9(11-4-2-3-5-12(11)18)21-17(24)10-6-7-13-14(8-10)23-16(22-13)15(19)20/h2-9,15H,1H3,(H,21,24)(H,22,23). The number of hydrogen-bond acceptors (Lipinski definition) is 2. The first-order valence-electron chi connectivity index (χ1n) is 7.29. The van der Waals surface area contributed by atoms with Gasteiger partial charge in [0.05, 0.1) is 17.1 Å². The summed E-state index contributed by atoms with van der Waals surface area (Å²) in [5, 5.41) is 2.90. The summed E-state index contributed by atoms with van der Waals surface area (Å²) in [4.78, 5) is 18.7. The lowest BCUT2D eigenvalue weighted by Crippen LogP contribution is -2.26. The smallest absolute Gasteiger partial charge is 0.295 e. The quantitative estimate of drug-likeness (QED) is 0.671. The van der Waals surface area contributed by atoms with Crippen molar-refractivity contribution in [2.45, 2.75) is 19.4 Å². The predicted molar refractivity (Wildman–Crippen MR) is 91.1 cm³/mol. The van der Waals surface area contributed by atoms with Gasteiger partial charge in [-0.15, -0.1) is 0 Å². The number of aromatic amines is 1. The van der Waals surface area contributed by atoms with Crippen LogP contribution in [0, 0.1) is 0 Å². The number of amides is 1. The molecule has 3 rings (SSSR count).